The topological polar surface area (TPSA) is 98.5 Å². The molecule has 0 fully saturated rings. The number of carbonyl (C=O) groups is 3. The summed E-state index contributed by atoms with van der Waals surface area (Å²) in [4.78, 5) is 39.0. The quantitative estimate of drug-likeness (QED) is 0.856. The predicted molar refractivity (Wildman–Crippen MR) is 78.4 cm³/mol. The van der Waals surface area contributed by atoms with Gasteiger partial charge in [-0.05, 0) is 33.3 Å². The van der Waals surface area contributed by atoms with Crippen molar-refractivity contribution in [3.05, 3.63) is 29.1 Å². The number of carbonyl (C=O) groups excluding carboxylic acids is 2. The number of aryl methyl sites for hydroxylation is 1. The second-order valence-corrected chi connectivity index (χ2v) is 5.87. The lowest BCUT2D eigenvalue weighted by Gasteiger charge is -2.19. The molecular weight excluding hydrogens is 288 g/mol. The van der Waals surface area contributed by atoms with Gasteiger partial charge in [0.25, 0.3) is 0 Å². The van der Waals surface area contributed by atoms with Crippen molar-refractivity contribution in [2.45, 2.75) is 33.3 Å². The summed E-state index contributed by atoms with van der Waals surface area (Å²) in [5.74, 6) is -1.25. The van der Waals surface area contributed by atoms with Crippen molar-refractivity contribution < 1.29 is 24.2 Å². The van der Waals surface area contributed by atoms with Crippen molar-refractivity contribution in [3.8, 4) is 0 Å². The highest BCUT2D eigenvalue weighted by atomic mass is 16.6. The Morgan fingerprint density at radius 3 is 2.50 bits per heavy atom. The van der Waals surface area contributed by atoms with Crippen molar-refractivity contribution in [1.29, 1.82) is 0 Å². The summed E-state index contributed by atoms with van der Waals surface area (Å²) in [5, 5.41) is 9.44. The Hall–Kier alpha value is -2.70. The monoisotopic (exact) mass is 304 g/mol. The zero-order chi connectivity index (χ0) is 16.7. The predicted octanol–water partition coefficient (Wildman–Crippen LogP) is 2.64. The molecule has 0 amide bonds. The van der Waals surface area contributed by atoms with E-state index in [0.29, 0.717) is 11.8 Å². The van der Waals surface area contributed by atoms with Crippen molar-refractivity contribution >= 4 is 29.4 Å². The summed E-state index contributed by atoms with van der Waals surface area (Å²) in [6.45, 7) is 6.74. The molecule has 1 N–H and O–H groups in total. The van der Waals surface area contributed by atoms with Crippen LogP contribution < -0.4 is 0 Å². The zero-order valence-electron chi connectivity index (χ0n) is 12.7. The minimum atomic E-state index is -1.25. The molecule has 0 aliphatic rings. The molecule has 0 unspecified atom stereocenters. The van der Waals surface area contributed by atoms with Gasteiger partial charge in [0, 0.05) is 23.3 Å². The highest BCUT2D eigenvalue weighted by molar-refractivity contribution is 6.11. The third-order valence-electron chi connectivity index (χ3n) is 2.99. The van der Waals surface area contributed by atoms with E-state index >= 15 is 0 Å². The first-order chi connectivity index (χ1) is 10.2. The number of carboxylic acid groups (broad SMARTS) is 1. The molecule has 0 bridgehead atoms. The molecule has 0 saturated heterocycles. The lowest BCUT2D eigenvalue weighted by molar-refractivity contribution is 0.0543. The average molecular weight is 304 g/mol. The van der Waals surface area contributed by atoms with Gasteiger partial charge < -0.3 is 9.84 Å². The molecule has 0 spiro atoms. The number of nitrogens with zero attached hydrogens (tertiary/aromatic N) is 2. The molecule has 0 aromatic carbocycles. The average Bonchev–Trinajstić information content (AvgIpc) is 2.76. The highest BCUT2D eigenvalue weighted by Gasteiger charge is 2.25. The Balaban J connectivity index is 2.75. The number of ether oxygens (including phenoxy) is 1. The van der Waals surface area contributed by atoms with E-state index in [9.17, 15) is 19.5 Å². The summed E-state index contributed by atoms with van der Waals surface area (Å²) in [6, 6.07) is 0. The maximum Gasteiger partial charge on any atom is 0.420 e. The largest absolute Gasteiger partial charge is 0.478 e. The number of carboxylic acids is 1. The van der Waals surface area contributed by atoms with Crippen LogP contribution in [-0.2, 0) is 4.74 Å². The van der Waals surface area contributed by atoms with E-state index in [2.05, 4.69) is 4.98 Å². The van der Waals surface area contributed by atoms with E-state index in [-0.39, 0.29) is 22.2 Å². The van der Waals surface area contributed by atoms with Crippen LogP contribution in [0.3, 0.4) is 0 Å². The Bertz CT molecular complexity index is 783. The van der Waals surface area contributed by atoms with Crippen LogP contribution in [0.15, 0.2) is 12.4 Å². The molecule has 22 heavy (non-hydrogen) atoms. The van der Waals surface area contributed by atoms with Gasteiger partial charge in [-0.25, -0.2) is 19.1 Å². The minimum Gasteiger partial charge on any atom is -0.478 e. The maximum atomic E-state index is 12.2. The molecule has 0 aliphatic carbocycles. The Kier molecular flexibility index (Phi) is 3.74. The number of aromatic carboxylic acids is 1. The summed E-state index contributed by atoms with van der Waals surface area (Å²) in [6.07, 6.45) is 2.35. The van der Waals surface area contributed by atoms with Crippen LogP contribution in [0.25, 0.3) is 11.0 Å². The van der Waals surface area contributed by atoms with E-state index in [0.717, 1.165) is 10.8 Å². The van der Waals surface area contributed by atoms with Gasteiger partial charge in [0.15, 0.2) is 11.9 Å². The van der Waals surface area contributed by atoms with Crippen LogP contribution in [0, 0.1) is 6.92 Å². The van der Waals surface area contributed by atoms with Crippen LogP contribution in [0.1, 0.15) is 47.1 Å². The van der Waals surface area contributed by atoms with Crippen molar-refractivity contribution in [1.82, 2.24) is 9.55 Å². The van der Waals surface area contributed by atoms with E-state index in [4.69, 9.17) is 4.74 Å². The molecule has 116 valence electrons. The fraction of sp³-hybridized carbons (Fsp3) is 0.333. The molecule has 2 aromatic rings. The van der Waals surface area contributed by atoms with Crippen molar-refractivity contribution in [3.63, 3.8) is 0 Å². The number of aldehydes is 1. The molecule has 7 nitrogen and oxygen atoms in total. The van der Waals surface area contributed by atoms with E-state index in [1.165, 1.54) is 6.20 Å². The second-order valence-electron chi connectivity index (χ2n) is 5.87. The van der Waals surface area contributed by atoms with Gasteiger partial charge in [-0.1, -0.05) is 0 Å². The first-order valence-electron chi connectivity index (χ1n) is 6.58. The van der Waals surface area contributed by atoms with Gasteiger partial charge in [0.05, 0.1) is 5.56 Å². The second kappa shape index (κ2) is 5.25. The van der Waals surface area contributed by atoms with Crippen molar-refractivity contribution in [2.75, 3.05) is 0 Å². The maximum absolute atomic E-state index is 12.2. The number of hydrogen-bond donors (Lipinski definition) is 1. The van der Waals surface area contributed by atoms with Gasteiger partial charge in [0.1, 0.15) is 5.60 Å². The smallest absolute Gasteiger partial charge is 0.420 e. The van der Waals surface area contributed by atoms with Gasteiger partial charge in [0.2, 0.25) is 0 Å². The van der Waals surface area contributed by atoms with E-state index < -0.39 is 17.7 Å². The number of fused-ring (bicyclic) bond motifs is 1. The third kappa shape index (κ3) is 2.69. The molecule has 0 atom stereocenters. The van der Waals surface area contributed by atoms with Crippen LogP contribution >= 0.6 is 0 Å². The molecule has 2 aromatic heterocycles. The zero-order valence-corrected chi connectivity index (χ0v) is 12.7. The number of pyridine rings is 1. The Morgan fingerprint density at radius 1 is 1.36 bits per heavy atom. The molecule has 2 rings (SSSR count). The fourth-order valence-corrected chi connectivity index (χ4v) is 2.08. The first-order valence-corrected chi connectivity index (χ1v) is 6.58. The number of rotatable bonds is 2. The molecule has 2 heterocycles. The Labute approximate surface area is 126 Å². The van der Waals surface area contributed by atoms with Crippen LogP contribution in [-0.4, -0.2) is 38.6 Å². The summed E-state index contributed by atoms with van der Waals surface area (Å²) >= 11 is 0. The van der Waals surface area contributed by atoms with Gasteiger partial charge in [-0.15, -0.1) is 0 Å². The fourth-order valence-electron chi connectivity index (χ4n) is 2.08. The molecule has 7 heteroatoms. The summed E-state index contributed by atoms with van der Waals surface area (Å²) in [7, 11) is 0. The van der Waals surface area contributed by atoms with E-state index in [1.807, 2.05) is 0 Å². The van der Waals surface area contributed by atoms with Crippen LogP contribution in [0.2, 0.25) is 0 Å². The van der Waals surface area contributed by atoms with Gasteiger partial charge in [-0.2, -0.15) is 0 Å². The number of hydrogen-bond acceptors (Lipinski definition) is 5. The van der Waals surface area contributed by atoms with Gasteiger partial charge >= 0.3 is 12.1 Å². The molecule has 0 saturated carbocycles. The van der Waals surface area contributed by atoms with Gasteiger partial charge in [-0.3, -0.25) is 4.79 Å². The molecule has 0 aliphatic heterocycles. The normalized spacial score (nSPS) is 11.5. The van der Waals surface area contributed by atoms with E-state index in [1.54, 1.807) is 27.7 Å². The first kappa shape index (κ1) is 15.7. The van der Waals surface area contributed by atoms with Crippen molar-refractivity contribution in [2.24, 2.45) is 0 Å². The molecule has 0 radical (unpaired) electrons. The standard InChI is InChI=1S/C15H16N2O5/c1-8-5-16-12-11(10(8)7-18)9(13(19)20)6-17(12)14(21)22-15(2,3)4/h5-7H,1-4H3,(H,19,20). The third-order valence-corrected chi connectivity index (χ3v) is 2.99. The van der Waals surface area contributed by atoms with Crippen LogP contribution in [0.4, 0.5) is 4.79 Å². The minimum absolute atomic E-state index is 0.0827. The van der Waals surface area contributed by atoms with Crippen LogP contribution in [0.5, 0.6) is 0 Å². The number of aromatic nitrogens is 2. The lowest BCUT2D eigenvalue weighted by Crippen LogP contribution is -2.27. The lowest BCUT2D eigenvalue weighted by atomic mass is 10.1. The summed E-state index contributed by atoms with van der Waals surface area (Å²) < 4.78 is 6.24. The highest BCUT2D eigenvalue weighted by Crippen LogP contribution is 2.26. The summed E-state index contributed by atoms with van der Waals surface area (Å²) in [5.41, 5.74) is -0.0925. The SMILES string of the molecule is Cc1cnc2c(c(C(=O)O)cn2C(=O)OC(C)(C)C)c1C=O. The Morgan fingerprint density at radius 2 is 2.00 bits per heavy atom. The molecular formula is C15H16N2O5.